The van der Waals surface area contributed by atoms with Crippen molar-refractivity contribution in [1.82, 2.24) is 10.6 Å². The van der Waals surface area contributed by atoms with Gasteiger partial charge in [-0.25, -0.2) is 0 Å². The van der Waals surface area contributed by atoms with Gasteiger partial charge in [0.1, 0.15) is 0 Å². The Kier molecular flexibility index (Phi) is 21.2. The Hall–Kier alpha value is 0.121. The molecule has 10 nitrogen and oxygen atoms in total. The molecule has 0 bridgehead atoms. The van der Waals surface area contributed by atoms with Crippen molar-refractivity contribution in [3.8, 4) is 0 Å². The molecule has 0 heterocycles. The predicted molar refractivity (Wildman–Crippen MR) is 207 cm³/mol. The third kappa shape index (κ3) is 12.5. The highest BCUT2D eigenvalue weighted by Gasteiger charge is 2.41. The first-order valence-corrected chi connectivity index (χ1v) is 30.7. The van der Waals surface area contributed by atoms with Gasteiger partial charge in [0.05, 0.1) is 27.1 Å². The number of rotatable bonds is 26. The van der Waals surface area contributed by atoms with Crippen molar-refractivity contribution in [2.75, 3.05) is 70.0 Å². The molecule has 46 heavy (non-hydrogen) atoms. The van der Waals surface area contributed by atoms with Crippen molar-refractivity contribution in [3.63, 3.8) is 0 Å². The highest BCUT2D eigenvalue weighted by atomic mass is 28.4. The lowest BCUT2D eigenvalue weighted by Gasteiger charge is -2.34. The summed E-state index contributed by atoms with van der Waals surface area (Å²) in [6, 6.07) is 7.65. The monoisotopic (exact) mass is 752 g/mol. The fourth-order valence-corrected chi connectivity index (χ4v) is 18.6. The number of hydrogen-bond acceptors (Lipinski definition) is 10. The molecule has 1 rings (SSSR count). The fraction of sp³-hybridized carbons (Fsp3) is 0.800. The molecule has 270 valence electrons. The second-order valence-electron chi connectivity index (χ2n) is 12.7. The van der Waals surface area contributed by atoms with Gasteiger partial charge in [-0.1, -0.05) is 61.7 Å². The van der Waals surface area contributed by atoms with Crippen molar-refractivity contribution in [2.45, 2.75) is 88.4 Å². The van der Waals surface area contributed by atoms with Crippen molar-refractivity contribution in [1.29, 1.82) is 0 Å². The summed E-state index contributed by atoms with van der Waals surface area (Å²) >= 11 is 0. The van der Waals surface area contributed by atoms with Crippen LogP contribution in [0.3, 0.4) is 0 Å². The quantitative estimate of drug-likeness (QED) is 0.0834. The van der Waals surface area contributed by atoms with Gasteiger partial charge >= 0.3 is 26.2 Å². The summed E-state index contributed by atoms with van der Waals surface area (Å²) in [5, 5.41) is 11.0. The van der Waals surface area contributed by atoms with Crippen molar-refractivity contribution < 1.29 is 35.4 Å². The molecule has 0 aliphatic heterocycles. The minimum absolute atomic E-state index is 0.266. The van der Waals surface area contributed by atoms with Crippen molar-refractivity contribution in [2.24, 2.45) is 0 Å². The zero-order valence-electron chi connectivity index (χ0n) is 31.6. The molecular formula is C30H68N2O8Si6. The third-order valence-electron chi connectivity index (χ3n) is 9.55. The van der Waals surface area contributed by atoms with Crippen molar-refractivity contribution >= 4 is 63.7 Å². The Labute approximate surface area is 290 Å². The Morgan fingerprint density at radius 2 is 1.15 bits per heavy atom. The molecule has 1 atom stereocenters. The van der Waals surface area contributed by atoms with Gasteiger partial charge < -0.3 is 46.0 Å². The van der Waals surface area contributed by atoms with Gasteiger partial charge in [-0.3, -0.25) is 0 Å². The van der Waals surface area contributed by atoms with E-state index in [0.717, 1.165) is 44.4 Å². The molecule has 0 radical (unpaired) electrons. The first-order valence-electron chi connectivity index (χ1n) is 16.9. The highest BCUT2D eigenvalue weighted by Crippen LogP contribution is 2.30. The standard InChI is InChI=1S/C30H68N2O8Si6/c1-25(44(14,33-2)34-3)28-26(17-18-27(42(10)11)29(28)43(12)13)19-22-41-30(31-20-15-23-45(35-4,36-5)37-6)32-21-16-24-46(38-7,39-8)40-9/h17-18,25,30-32,42-43H,15-16,19-24,41H2,1-14H3. The van der Waals surface area contributed by atoms with E-state index in [9.17, 15) is 0 Å². The van der Waals surface area contributed by atoms with Gasteiger partial charge in [-0.15, -0.1) is 0 Å². The van der Waals surface area contributed by atoms with Crippen molar-refractivity contribution in [3.05, 3.63) is 23.3 Å². The van der Waals surface area contributed by atoms with Crippen LogP contribution in [0.1, 0.15) is 36.4 Å². The van der Waals surface area contributed by atoms with Crippen LogP contribution in [-0.4, -0.2) is 129 Å². The van der Waals surface area contributed by atoms with E-state index in [1.807, 2.05) is 14.2 Å². The molecule has 0 aliphatic carbocycles. The molecule has 0 saturated heterocycles. The molecule has 0 aliphatic rings. The van der Waals surface area contributed by atoms with Crippen LogP contribution in [0.2, 0.25) is 50.9 Å². The maximum absolute atomic E-state index is 6.13. The Balaban J connectivity index is 3.19. The maximum atomic E-state index is 6.13. The van der Waals surface area contributed by atoms with E-state index in [0.29, 0.717) is 5.79 Å². The third-order valence-corrected chi connectivity index (χ3v) is 24.5. The van der Waals surface area contributed by atoms with Crippen LogP contribution >= 0.6 is 0 Å². The number of benzene rings is 1. The zero-order chi connectivity index (χ0) is 35.0. The van der Waals surface area contributed by atoms with E-state index in [4.69, 9.17) is 35.4 Å². The lowest BCUT2D eigenvalue weighted by atomic mass is 10.0. The van der Waals surface area contributed by atoms with Gasteiger partial charge in [0, 0.05) is 80.3 Å². The molecule has 0 fully saturated rings. The molecule has 1 aromatic rings. The van der Waals surface area contributed by atoms with Gasteiger partial charge in [0.2, 0.25) is 0 Å². The van der Waals surface area contributed by atoms with E-state index in [1.54, 1.807) is 58.6 Å². The molecule has 0 saturated carbocycles. The Bertz CT molecular complexity index is 940. The summed E-state index contributed by atoms with van der Waals surface area (Å²) in [6.07, 6.45) is 2.92. The summed E-state index contributed by atoms with van der Waals surface area (Å²) in [6.45, 7) is 16.2. The molecule has 0 amide bonds. The molecule has 2 N–H and O–H groups in total. The average Bonchev–Trinajstić information content (AvgIpc) is 3.07. The second-order valence-corrected chi connectivity index (χ2v) is 30.6. The summed E-state index contributed by atoms with van der Waals surface area (Å²) in [5.41, 5.74) is 3.31. The summed E-state index contributed by atoms with van der Waals surface area (Å²) in [5.74, 6) is 0.298. The summed E-state index contributed by atoms with van der Waals surface area (Å²) < 4.78 is 46.1. The van der Waals surface area contributed by atoms with E-state index in [-0.39, 0.29) is 5.54 Å². The van der Waals surface area contributed by atoms with E-state index >= 15 is 0 Å². The normalized spacial score (nSPS) is 14.1. The minimum atomic E-state index is -2.59. The molecule has 0 spiro atoms. The van der Waals surface area contributed by atoms with Crippen LogP contribution in [0.25, 0.3) is 0 Å². The van der Waals surface area contributed by atoms with E-state index < -0.39 is 53.3 Å². The van der Waals surface area contributed by atoms with E-state index in [2.05, 4.69) is 62.4 Å². The van der Waals surface area contributed by atoms with Gasteiger partial charge in [-0.2, -0.15) is 0 Å². The van der Waals surface area contributed by atoms with Crippen LogP contribution in [0.5, 0.6) is 0 Å². The van der Waals surface area contributed by atoms with Crippen LogP contribution in [0.15, 0.2) is 12.1 Å². The predicted octanol–water partition coefficient (Wildman–Crippen LogP) is 2.21. The maximum Gasteiger partial charge on any atom is 0.500 e. The zero-order valence-corrected chi connectivity index (χ0v) is 38.3. The average molecular weight is 753 g/mol. The topological polar surface area (TPSA) is 97.9 Å². The summed E-state index contributed by atoms with van der Waals surface area (Å²) in [7, 11) is 3.51. The number of aryl methyl sites for hydroxylation is 1. The first kappa shape index (κ1) is 44.1. The van der Waals surface area contributed by atoms with Crippen LogP contribution in [0, 0.1) is 0 Å². The molecule has 16 heteroatoms. The molecule has 0 aromatic heterocycles. The number of nitrogens with one attached hydrogen (secondary N) is 2. The Morgan fingerprint density at radius 1 is 0.696 bits per heavy atom. The lowest BCUT2D eigenvalue weighted by Crippen LogP contribution is -2.51. The minimum Gasteiger partial charge on any atom is -0.397 e. The van der Waals surface area contributed by atoms with Gasteiger partial charge in [-0.05, 0) is 50.0 Å². The van der Waals surface area contributed by atoms with Gasteiger partial charge in [0.25, 0.3) is 0 Å². The first-order chi connectivity index (χ1) is 21.8. The molecular weight excluding hydrogens is 685 g/mol. The van der Waals surface area contributed by atoms with Crippen LogP contribution < -0.4 is 21.0 Å². The molecule has 1 unspecified atom stereocenters. The summed E-state index contributed by atoms with van der Waals surface area (Å²) in [4.78, 5) is 0. The van der Waals surface area contributed by atoms with Gasteiger partial charge in [0.15, 0.2) is 0 Å². The fourth-order valence-electron chi connectivity index (χ4n) is 6.32. The van der Waals surface area contributed by atoms with Crippen LogP contribution in [0.4, 0.5) is 0 Å². The highest BCUT2D eigenvalue weighted by molar-refractivity contribution is 6.83. The van der Waals surface area contributed by atoms with E-state index in [1.165, 1.54) is 11.6 Å². The van der Waals surface area contributed by atoms with Crippen LogP contribution in [-0.2, 0) is 41.8 Å². The smallest absolute Gasteiger partial charge is 0.397 e. The SMILES string of the molecule is CO[Si](CCCNC(NCCC[Si](OC)(OC)OC)[SiH2]CCc1ccc([SiH](C)C)c([SiH](C)C)c1C(C)[Si](C)(OC)OC)(OC)OC. The molecule has 1 aromatic carbocycles. The lowest BCUT2D eigenvalue weighted by molar-refractivity contribution is 0.122. The second kappa shape index (κ2) is 22.0. The number of hydrogen-bond donors (Lipinski definition) is 2. The largest absolute Gasteiger partial charge is 0.500 e. The Morgan fingerprint density at radius 3 is 1.52 bits per heavy atom.